The minimum atomic E-state index is -0.102. The van der Waals surface area contributed by atoms with E-state index in [2.05, 4.69) is 6.07 Å². The van der Waals surface area contributed by atoms with Gasteiger partial charge >= 0.3 is 0 Å². The number of rotatable bonds is 4. The normalized spacial score (nSPS) is 11.6. The molecule has 1 unspecified atom stereocenters. The summed E-state index contributed by atoms with van der Waals surface area (Å²) >= 11 is 0. The summed E-state index contributed by atoms with van der Waals surface area (Å²) in [6, 6.07) is 18.4. The highest BCUT2D eigenvalue weighted by Gasteiger charge is 2.13. The Bertz CT molecular complexity index is 581. The molecule has 1 atom stereocenters. The monoisotopic (exact) mass is 251 g/mol. The minimum Gasteiger partial charge on any atom is -0.497 e. The Morgan fingerprint density at radius 2 is 1.79 bits per heavy atom. The van der Waals surface area contributed by atoms with Crippen LogP contribution in [0.4, 0.5) is 0 Å². The molecule has 0 aliphatic heterocycles. The second kappa shape index (κ2) is 6.06. The van der Waals surface area contributed by atoms with Crippen LogP contribution >= 0.6 is 0 Å². The van der Waals surface area contributed by atoms with Crippen molar-refractivity contribution < 1.29 is 4.74 Å². The second-order valence-electron chi connectivity index (χ2n) is 4.59. The summed E-state index contributed by atoms with van der Waals surface area (Å²) in [5.74, 6) is 0.739. The predicted molar refractivity (Wildman–Crippen MR) is 76.2 cm³/mol. The third-order valence-electron chi connectivity index (χ3n) is 3.32. The third-order valence-corrected chi connectivity index (χ3v) is 3.32. The van der Waals surface area contributed by atoms with E-state index in [0.29, 0.717) is 0 Å². The van der Waals surface area contributed by atoms with Gasteiger partial charge in [-0.15, -0.1) is 0 Å². The molecule has 0 radical (unpaired) electrons. The van der Waals surface area contributed by atoms with Crippen LogP contribution in [0.5, 0.6) is 5.75 Å². The fourth-order valence-electron chi connectivity index (χ4n) is 2.20. The molecule has 0 amide bonds. The number of hydrogen-bond donors (Lipinski definition) is 0. The molecule has 0 aliphatic carbocycles. The maximum absolute atomic E-state index is 9.39. The van der Waals surface area contributed by atoms with Gasteiger partial charge in [-0.05, 0) is 42.2 Å². The van der Waals surface area contributed by atoms with E-state index >= 15 is 0 Å². The molecule has 2 nitrogen and oxygen atoms in total. The van der Waals surface area contributed by atoms with E-state index in [1.54, 1.807) is 7.11 Å². The Labute approximate surface area is 114 Å². The summed E-state index contributed by atoms with van der Waals surface area (Å²) in [5.41, 5.74) is 3.43. The molecule has 0 aromatic heterocycles. The molecule has 0 bridgehead atoms. The molecule has 2 rings (SSSR count). The van der Waals surface area contributed by atoms with Gasteiger partial charge < -0.3 is 4.74 Å². The molecule has 2 heteroatoms. The second-order valence-corrected chi connectivity index (χ2v) is 4.59. The zero-order valence-electron chi connectivity index (χ0n) is 11.3. The molecule has 19 heavy (non-hydrogen) atoms. The molecule has 0 fully saturated rings. The van der Waals surface area contributed by atoms with Gasteiger partial charge in [-0.2, -0.15) is 5.26 Å². The lowest BCUT2D eigenvalue weighted by Crippen LogP contribution is -2.02. The maximum atomic E-state index is 9.39. The molecular formula is C17H17NO. The summed E-state index contributed by atoms with van der Waals surface area (Å²) < 4.78 is 5.14. The third kappa shape index (κ3) is 3.14. The quantitative estimate of drug-likeness (QED) is 0.826. The number of nitrogens with zero attached hydrogens (tertiary/aromatic N) is 1. The number of methoxy groups -OCH3 is 1. The fourth-order valence-corrected chi connectivity index (χ4v) is 2.20. The first-order valence-electron chi connectivity index (χ1n) is 6.32. The Morgan fingerprint density at radius 1 is 1.11 bits per heavy atom. The van der Waals surface area contributed by atoms with Crippen molar-refractivity contribution in [1.29, 1.82) is 5.26 Å². The number of nitriles is 1. The number of aryl methyl sites for hydroxylation is 1. The van der Waals surface area contributed by atoms with Crippen molar-refractivity contribution in [2.45, 2.75) is 19.3 Å². The number of hydrogen-bond acceptors (Lipinski definition) is 2. The number of benzene rings is 2. The number of ether oxygens (including phenoxy) is 1. The van der Waals surface area contributed by atoms with E-state index in [-0.39, 0.29) is 5.92 Å². The van der Waals surface area contributed by atoms with Crippen molar-refractivity contribution in [3.8, 4) is 11.8 Å². The Balaban J connectivity index is 2.20. The lowest BCUT2D eigenvalue weighted by molar-refractivity contribution is 0.414. The lowest BCUT2D eigenvalue weighted by atomic mass is 9.90. The van der Waals surface area contributed by atoms with Crippen LogP contribution in [-0.2, 0) is 6.42 Å². The van der Waals surface area contributed by atoms with Gasteiger partial charge in [0, 0.05) is 0 Å². The van der Waals surface area contributed by atoms with Crippen LogP contribution in [-0.4, -0.2) is 7.11 Å². The molecular weight excluding hydrogens is 234 g/mol. The SMILES string of the molecule is COc1ccc(CC(C#N)c2ccccc2C)cc1. The Morgan fingerprint density at radius 3 is 2.37 bits per heavy atom. The highest BCUT2D eigenvalue weighted by Crippen LogP contribution is 2.24. The van der Waals surface area contributed by atoms with Crippen molar-refractivity contribution in [3.05, 3.63) is 65.2 Å². The average Bonchev–Trinajstić information content (AvgIpc) is 2.46. The molecule has 0 saturated heterocycles. The van der Waals surface area contributed by atoms with Gasteiger partial charge in [0.15, 0.2) is 0 Å². The van der Waals surface area contributed by atoms with Gasteiger partial charge in [0.1, 0.15) is 5.75 Å². The van der Waals surface area contributed by atoms with Gasteiger partial charge in [-0.25, -0.2) is 0 Å². The molecule has 0 spiro atoms. The highest BCUT2D eigenvalue weighted by molar-refractivity contribution is 5.36. The first-order valence-corrected chi connectivity index (χ1v) is 6.32. The molecule has 96 valence electrons. The van der Waals surface area contributed by atoms with E-state index < -0.39 is 0 Å². The van der Waals surface area contributed by atoms with Crippen molar-refractivity contribution in [3.63, 3.8) is 0 Å². The Kier molecular flexibility index (Phi) is 4.20. The van der Waals surface area contributed by atoms with Gasteiger partial charge in [0.2, 0.25) is 0 Å². The van der Waals surface area contributed by atoms with Gasteiger partial charge in [0.05, 0.1) is 19.1 Å². The van der Waals surface area contributed by atoms with Gasteiger partial charge in [0.25, 0.3) is 0 Å². The van der Waals surface area contributed by atoms with Crippen LogP contribution in [0.1, 0.15) is 22.6 Å². The van der Waals surface area contributed by atoms with E-state index in [1.807, 2.05) is 55.5 Å². The van der Waals surface area contributed by atoms with Crippen molar-refractivity contribution in [2.75, 3.05) is 7.11 Å². The topological polar surface area (TPSA) is 33.0 Å². The summed E-state index contributed by atoms with van der Waals surface area (Å²) in [6.07, 6.45) is 0.728. The van der Waals surface area contributed by atoms with Crippen LogP contribution in [0.25, 0.3) is 0 Å². The fraction of sp³-hybridized carbons (Fsp3) is 0.235. The molecule has 2 aromatic carbocycles. The molecule has 0 saturated carbocycles. The van der Waals surface area contributed by atoms with E-state index in [9.17, 15) is 5.26 Å². The molecule has 0 N–H and O–H groups in total. The zero-order chi connectivity index (χ0) is 13.7. The van der Waals surface area contributed by atoms with Crippen molar-refractivity contribution in [1.82, 2.24) is 0 Å². The predicted octanol–water partition coefficient (Wildman–Crippen LogP) is 3.85. The maximum Gasteiger partial charge on any atom is 0.118 e. The smallest absolute Gasteiger partial charge is 0.118 e. The summed E-state index contributed by atoms with van der Waals surface area (Å²) in [5, 5.41) is 9.39. The van der Waals surface area contributed by atoms with Crippen LogP contribution < -0.4 is 4.74 Å². The largest absolute Gasteiger partial charge is 0.497 e. The lowest BCUT2D eigenvalue weighted by Gasteiger charge is -2.12. The summed E-state index contributed by atoms with van der Waals surface area (Å²) in [6.45, 7) is 2.05. The minimum absolute atomic E-state index is 0.102. The van der Waals surface area contributed by atoms with Crippen molar-refractivity contribution >= 4 is 0 Å². The first kappa shape index (κ1) is 13.2. The van der Waals surface area contributed by atoms with Gasteiger partial charge in [-0.1, -0.05) is 36.4 Å². The molecule has 2 aromatic rings. The Hall–Kier alpha value is -2.27. The van der Waals surface area contributed by atoms with E-state index in [1.165, 1.54) is 5.56 Å². The van der Waals surface area contributed by atoms with Crippen molar-refractivity contribution in [2.24, 2.45) is 0 Å². The van der Waals surface area contributed by atoms with E-state index in [0.717, 1.165) is 23.3 Å². The zero-order valence-corrected chi connectivity index (χ0v) is 11.3. The first-order chi connectivity index (χ1) is 9.24. The van der Waals surface area contributed by atoms with Crippen LogP contribution in [0.3, 0.4) is 0 Å². The molecule has 0 aliphatic rings. The van der Waals surface area contributed by atoms with Gasteiger partial charge in [-0.3, -0.25) is 0 Å². The highest BCUT2D eigenvalue weighted by atomic mass is 16.5. The summed E-state index contributed by atoms with van der Waals surface area (Å²) in [4.78, 5) is 0. The van der Waals surface area contributed by atoms with E-state index in [4.69, 9.17) is 4.74 Å². The van der Waals surface area contributed by atoms with Crippen LogP contribution in [0, 0.1) is 18.3 Å². The summed E-state index contributed by atoms with van der Waals surface area (Å²) in [7, 11) is 1.65. The molecule has 0 heterocycles. The average molecular weight is 251 g/mol. The van der Waals surface area contributed by atoms with Crippen LogP contribution in [0.2, 0.25) is 0 Å². The van der Waals surface area contributed by atoms with Crippen LogP contribution in [0.15, 0.2) is 48.5 Å². The standard InChI is InChI=1S/C17H17NO/c1-13-5-3-4-6-17(13)15(12-18)11-14-7-9-16(19-2)10-8-14/h3-10,15H,11H2,1-2H3.